The Morgan fingerprint density at radius 3 is 2.52 bits per heavy atom. The number of hydrogen-bond donors (Lipinski definition) is 3. The molecule has 21 heavy (non-hydrogen) atoms. The number of aromatic nitrogens is 1. The molecule has 1 heterocycles. The average Bonchev–Trinajstić information content (AvgIpc) is 2.47. The van der Waals surface area contributed by atoms with Crippen LogP contribution in [0.2, 0.25) is 0 Å². The summed E-state index contributed by atoms with van der Waals surface area (Å²) in [6, 6.07) is 9.52. The van der Waals surface area contributed by atoms with E-state index < -0.39 is 0 Å². The van der Waals surface area contributed by atoms with Gasteiger partial charge in [-0.3, -0.25) is 9.59 Å². The van der Waals surface area contributed by atoms with Crippen LogP contribution >= 0.6 is 12.2 Å². The fraction of sp³-hybridized carbons (Fsp3) is 0.0714. The number of benzene rings is 1. The van der Waals surface area contributed by atoms with Crippen LogP contribution in [0.4, 0.5) is 5.69 Å². The van der Waals surface area contributed by atoms with Gasteiger partial charge in [-0.15, -0.1) is 0 Å². The highest BCUT2D eigenvalue weighted by Crippen LogP contribution is 2.16. The van der Waals surface area contributed by atoms with E-state index in [1.165, 1.54) is 18.3 Å². The Balaban J connectivity index is 1.99. The van der Waals surface area contributed by atoms with Crippen molar-refractivity contribution in [3.8, 4) is 5.75 Å². The highest BCUT2D eigenvalue weighted by molar-refractivity contribution is 7.80. The van der Waals surface area contributed by atoms with Crippen molar-refractivity contribution < 1.29 is 9.53 Å². The van der Waals surface area contributed by atoms with Crippen molar-refractivity contribution in [1.82, 2.24) is 4.98 Å². The second-order valence-corrected chi connectivity index (χ2v) is 4.70. The molecule has 1 aromatic carbocycles. The molecule has 1 aromatic heterocycles. The van der Waals surface area contributed by atoms with E-state index in [2.05, 4.69) is 10.3 Å². The molecule has 0 atom stereocenters. The topological polar surface area (TPSA) is 97.2 Å². The van der Waals surface area contributed by atoms with Crippen molar-refractivity contribution >= 4 is 28.8 Å². The van der Waals surface area contributed by atoms with Gasteiger partial charge in [0.1, 0.15) is 17.3 Å². The number of anilines is 1. The third-order valence-electron chi connectivity index (χ3n) is 2.54. The summed E-state index contributed by atoms with van der Waals surface area (Å²) < 4.78 is 5.31. The van der Waals surface area contributed by atoms with Crippen LogP contribution in [0, 0.1) is 0 Å². The number of ether oxygens (including phenoxy) is 1. The number of aromatic amines is 1. The minimum Gasteiger partial charge on any atom is -0.487 e. The number of amides is 1. The van der Waals surface area contributed by atoms with Gasteiger partial charge in [0.25, 0.3) is 5.91 Å². The van der Waals surface area contributed by atoms with E-state index in [0.717, 1.165) is 0 Å². The molecule has 0 unspecified atom stereocenters. The smallest absolute Gasteiger partial charge is 0.257 e. The van der Waals surface area contributed by atoms with E-state index in [1.807, 2.05) is 0 Å². The second-order valence-electron chi connectivity index (χ2n) is 4.18. The molecule has 0 aliphatic rings. The Kier molecular flexibility index (Phi) is 4.68. The molecule has 0 saturated heterocycles. The number of carbonyl (C=O) groups is 1. The van der Waals surface area contributed by atoms with Crippen LogP contribution in [0.25, 0.3) is 0 Å². The van der Waals surface area contributed by atoms with Gasteiger partial charge in [0.15, 0.2) is 0 Å². The van der Waals surface area contributed by atoms with E-state index in [1.54, 1.807) is 24.3 Å². The molecule has 1 amide bonds. The fourth-order valence-corrected chi connectivity index (χ4v) is 1.60. The van der Waals surface area contributed by atoms with Crippen molar-refractivity contribution in [3.63, 3.8) is 0 Å². The zero-order valence-electron chi connectivity index (χ0n) is 11.0. The maximum Gasteiger partial charge on any atom is 0.257 e. The number of nitrogens with two attached hydrogens (primary N) is 1. The molecule has 2 aromatic rings. The molecule has 0 radical (unpaired) electrons. The fourth-order valence-electron chi connectivity index (χ4n) is 1.54. The van der Waals surface area contributed by atoms with Crippen LogP contribution in [0.1, 0.15) is 10.4 Å². The highest BCUT2D eigenvalue weighted by atomic mass is 32.1. The first-order valence-corrected chi connectivity index (χ1v) is 6.47. The lowest BCUT2D eigenvalue weighted by atomic mass is 10.2. The Labute approximate surface area is 125 Å². The molecule has 6 nitrogen and oxygen atoms in total. The number of rotatable bonds is 5. The maximum absolute atomic E-state index is 11.9. The molecule has 0 fully saturated rings. The summed E-state index contributed by atoms with van der Waals surface area (Å²) in [6.07, 6.45) is 1.36. The number of H-pyrrole nitrogens is 1. The molecule has 4 N–H and O–H groups in total. The summed E-state index contributed by atoms with van der Waals surface area (Å²) >= 11 is 4.71. The van der Waals surface area contributed by atoms with Crippen molar-refractivity contribution in [3.05, 3.63) is 58.5 Å². The summed E-state index contributed by atoms with van der Waals surface area (Å²) in [4.78, 5) is 25.6. The molecule has 0 aliphatic carbocycles. The maximum atomic E-state index is 11.9. The van der Waals surface area contributed by atoms with Crippen LogP contribution < -0.4 is 21.3 Å². The summed E-state index contributed by atoms with van der Waals surface area (Å²) in [5.41, 5.74) is 6.05. The van der Waals surface area contributed by atoms with Gasteiger partial charge in [-0.2, -0.15) is 0 Å². The van der Waals surface area contributed by atoms with Gasteiger partial charge >= 0.3 is 0 Å². The van der Waals surface area contributed by atoms with Gasteiger partial charge in [0.05, 0.1) is 5.56 Å². The summed E-state index contributed by atoms with van der Waals surface area (Å²) in [5.74, 6) is 0.285. The number of carbonyl (C=O) groups excluding carboxylic acids is 1. The van der Waals surface area contributed by atoms with Gasteiger partial charge in [-0.25, -0.2) is 0 Å². The first-order chi connectivity index (χ1) is 10.0. The number of thiocarbonyl (C=S) groups is 1. The van der Waals surface area contributed by atoms with Crippen molar-refractivity contribution in [1.29, 1.82) is 0 Å². The molecular formula is C14H13N3O3S. The van der Waals surface area contributed by atoms with Gasteiger partial charge in [-0.1, -0.05) is 12.2 Å². The normalized spacial score (nSPS) is 9.90. The third-order valence-corrected chi connectivity index (χ3v) is 2.66. The van der Waals surface area contributed by atoms with Gasteiger partial charge in [0, 0.05) is 18.0 Å². The van der Waals surface area contributed by atoms with Crippen LogP contribution in [0.15, 0.2) is 47.4 Å². The van der Waals surface area contributed by atoms with Crippen LogP contribution in [-0.2, 0) is 0 Å². The van der Waals surface area contributed by atoms with Crippen molar-refractivity contribution in [2.75, 3.05) is 11.9 Å². The van der Waals surface area contributed by atoms with E-state index in [9.17, 15) is 9.59 Å². The predicted octanol–water partition coefficient (Wildman–Crippen LogP) is 1.29. The zero-order valence-corrected chi connectivity index (χ0v) is 11.8. The minimum absolute atomic E-state index is 0.165. The third kappa shape index (κ3) is 4.43. The van der Waals surface area contributed by atoms with Crippen molar-refractivity contribution in [2.24, 2.45) is 5.73 Å². The first kappa shape index (κ1) is 14.7. The van der Waals surface area contributed by atoms with E-state index >= 15 is 0 Å². The molecule has 0 aliphatic heterocycles. The number of pyridine rings is 1. The lowest BCUT2D eigenvalue weighted by Gasteiger charge is -2.07. The quantitative estimate of drug-likeness (QED) is 0.723. The Hall–Kier alpha value is -2.67. The van der Waals surface area contributed by atoms with Gasteiger partial charge in [-0.05, 0) is 30.3 Å². The second kappa shape index (κ2) is 6.67. The minimum atomic E-state index is -0.317. The van der Waals surface area contributed by atoms with E-state index in [-0.39, 0.29) is 23.1 Å². The average molecular weight is 303 g/mol. The number of hydrogen-bond acceptors (Lipinski definition) is 4. The van der Waals surface area contributed by atoms with Crippen LogP contribution in [-0.4, -0.2) is 22.5 Å². The SMILES string of the molecule is NC(=S)COc1ccc(NC(=O)c2ccc(=O)[nH]c2)cc1. The molecule has 0 spiro atoms. The summed E-state index contributed by atoms with van der Waals surface area (Å²) in [5, 5.41) is 2.70. The Bertz CT molecular complexity index is 690. The zero-order chi connectivity index (χ0) is 15.2. The Morgan fingerprint density at radius 2 is 1.95 bits per heavy atom. The van der Waals surface area contributed by atoms with Gasteiger partial charge < -0.3 is 20.8 Å². The molecule has 108 valence electrons. The van der Waals surface area contributed by atoms with Crippen molar-refractivity contribution in [2.45, 2.75) is 0 Å². The summed E-state index contributed by atoms with van der Waals surface area (Å²) in [7, 11) is 0. The molecule has 0 saturated carbocycles. The van der Waals surface area contributed by atoms with Gasteiger partial charge in [0.2, 0.25) is 5.56 Å². The largest absolute Gasteiger partial charge is 0.487 e. The summed E-state index contributed by atoms with van der Waals surface area (Å²) in [6.45, 7) is 0.165. The predicted molar refractivity (Wildman–Crippen MR) is 83.7 cm³/mol. The number of nitrogens with one attached hydrogen (secondary N) is 2. The first-order valence-electron chi connectivity index (χ1n) is 6.06. The molecular weight excluding hydrogens is 290 g/mol. The van der Waals surface area contributed by atoms with E-state index in [4.69, 9.17) is 22.7 Å². The molecule has 2 rings (SSSR count). The van der Waals surface area contributed by atoms with E-state index in [0.29, 0.717) is 17.0 Å². The Morgan fingerprint density at radius 1 is 1.24 bits per heavy atom. The lowest BCUT2D eigenvalue weighted by molar-refractivity contribution is 0.102. The standard InChI is InChI=1S/C14H13N3O3S/c15-12(21)8-20-11-4-2-10(3-5-11)17-14(19)9-1-6-13(18)16-7-9/h1-7H,8H2,(H2,15,21)(H,16,18)(H,17,19). The molecule has 0 bridgehead atoms. The van der Waals surface area contributed by atoms with Crippen LogP contribution in [0.3, 0.4) is 0 Å². The van der Waals surface area contributed by atoms with Crippen LogP contribution in [0.5, 0.6) is 5.75 Å². The highest BCUT2D eigenvalue weighted by Gasteiger charge is 2.06. The lowest BCUT2D eigenvalue weighted by Crippen LogP contribution is -2.17. The molecule has 7 heteroatoms. The monoisotopic (exact) mass is 303 g/mol.